The van der Waals surface area contributed by atoms with Gasteiger partial charge in [0.25, 0.3) is 5.91 Å². The van der Waals surface area contributed by atoms with Crippen molar-refractivity contribution >= 4 is 27.7 Å². The van der Waals surface area contributed by atoms with Gasteiger partial charge in [-0.3, -0.25) is 4.79 Å². The minimum Gasteiger partial charge on any atom is -0.508 e. The van der Waals surface area contributed by atoms with Crippen molar-refractivity contribution in [2.45, 2.75) is 6.92 Å². The Morgan fingerprint density at radius 3 is 2.89 bits per heavy atom. The number of halogens is 1. The molecule has 1 aromatic carbocycles. The lowest BCUT2D eigenvalue weighted by Crippen LogP contribution is -2.14. The summed E-state index contributed by atoms with van der Waals surface area (Å²) < 4.78 is 0.834. The number of pyridine rings is 1. The zero-order chi connectivity index (χ0) is 13.1. The van der Waals surface area contributed by atoms with Gasteiger partial charge in [-0.05, 0) is 31.2 Å². The normalized spacial score (nSPS) is 10.1. The average Bonchev–Trinajstić information content (AvgIpc) is 2.32. The molecule has 0 bridgehead atoms. The number of hydrogen-bond donors (Lipinski definition) is 2. The first-order valence-electron chi connectivity index (χ1n) is 5.29. The van der Waals surface area contributed by atoms with Crippen LogP contribution in [0.25, 0.3) is 0 Å². The minimum atomic E-state index is -0.297. The van der Waals surface area contributed by atoms with Gasteiger partial charge >= 0.3 is 0 Å². The van der Waals surface area contributed by atoms with Crippen molar-refractivity contribution in [1.29, 1.82) is 0 Å². The molecule has 0 radical (unpaired) electrons. The molecule has 0 fully saturated rings. The Morgan fingerprint density at radius 2 is 2.17 bits per heavy atom. The molecule has 2 rings (SSSR count). The van der Waals surface area contributed by atoms with Crippen LogP contribution in [-0.2, 0) is 0 Å². The quantitative estimate of drug-likeness (QED) is 0.896. The van der Waals surface area contributed by atoms with Crippen molar-refractivity contribution in [3.05, 3.63) is 52.1 Å². The van der Waals surface area contributed by atoms with Crippen molar-refractivity contribution in [1.82, 2.24) is 4.98 Å². The Hall–Kier alpha value is -1.88. The van der Waals surface area contributed by atoms with E-state index in [0.29, 0.717) is 16.9 Å². The second kappa shape index (κ2) is 5.18. The van der Waals surface area contributed by atoms with Crippen LogP contribution >= 0.6 is 15.9 Å². The predicted octanol–water partition coefficient (Wildman–Crippen LogP) is 3.11. The molecule has 0 aliphatic rings. The van der Waals surface area contributed by atoms with E-state index in [4.69, 9.17) is 0 Å². The number of rotatable bonds is 2. The molecule has 0 spiro atoms. The van der Waals surface area contributed by atoms with Crippen LogP contribution in [0, 0.1) is 6.92 Å². The second-order valence-corrected chi connectivity index (χ2v) is 4.68. The molecular weight excluding hydrogens is 296 g/mol. The number of amides is 1. The lowest BCUT2D eigenvalue weighted by atomic mass is 10.1. The molecule has 0 unspecified atom stereocenters. The van der Waals surface area contributed by atoms with Gasteiger partial charge in [-0.25, -0.2) is 4.98 Å². The summed E-state index contributed by atoms with van der Waals surface area (Å²) in [5.41, 5.74) is 0.974. The number of anilines is 1. The summed E-state index contributed by atoms with van der Waals surface area (Å²) in [7, 11) is 0. The van der Waals surface area contributed by atoms with E-state index in [9.17, 15) is 9.90 Å². The number of phenolic OH excluding ortho intramolecular Hbond substituents is 1. The summed E-state index contributed by atoms with van der Waals surface area (Å²) in [5, 5.41) is 12.2. The third kappa shape index (κ3) is 2.68. The van der Waals surface area contributed by atoms with Crippen molar-refractivity contribution in [3.63, 3.8) is 0 Å². The third-order valence-electron chi connectivity index (χ3n) is 2.51. The van der Waals surface area contributed by atoms with Gasteiger partial charge in [0.1, 0.15) is 11.6 Å². The maximum atomic E-state index is 12.0. The number of aromatic hydroxyl groups is 1. The van der Waals surface area contributed by atoms with Gasteiger partial charge in [0, 0.05) is 21.8 Å². The molecule has 1 heterocycles. The zero-order valence-electron chi connectivity index (χ0n) is 9.64. The lowest BCUT2D eigenvalue weighted by molar-refractivity contribution is 0.102. The zero-order valence-corrected chi connectivity index (χ0v) is 11.2. The van der Waals surface area contributed by atoms with Gasteiger partial charge in [-0.1, -0.05) is 22.0 Å². The summed E-state index contributed by atoms with van der Waals surface area (Å²) in [5.74, 6) is 0.260. The van der Waals surface area contributed by atoms with Gasteiger partial charge in [0.05, 0.1) is 0 Å². The Labute approximate surface area is 113 Å². The summed E-state index contributed by atoms with van der Waals surface area (Å²) >= 11 is 3.30. The Balaban J connectivity index is 2.25. The number of nitrogens with one attached hydrogen (secondary N) is 1. The van der Waals surface area contributed by atoms with Crippen molar-refractivity contribution in [2.75, 3.05) is 5.32 Å². The first kappa shape index (κ1) is 12.6. The Morgan fingerprint density at radius 1 is 1.39 bits per heavy atom. The molecule has 0 aliphatic heterocycles. The number of phenols is 1. The fourth-order valence-corrected chi connectivity index (χ4v) is 1.86. The SMILES string of the molecule is Cc1c(O)cccc1C(=O)Nc1cc(Br)ccn1. The van der Waals surface area contributed by atoms with Crippen LogP contribution in [0.2, 0.25) is 0 Å². The lowest BCUT2D eigenvalue weighted by Gasteiger charge is -2.08. The Bertz CT molecular complexity index is 599. The summed E-state index contributed by atoms with van der Waals surface area (Å²) in [6.07, 6.45) is 1.59. The number of hydrogen-bond acceptors (Lipinski definition) is 3. The molecular formula is C13H11BrN2O2. The van der Waals surface area contributed by atoms with Crippen LogP contribution in [0.1, 0.15) is 15.9 Å². The van der Waals surface area contributed by atoms with E-state index in [0.717, 1.165) is 4.47 Å². The van der Waals surface area contributed by atoms with Gasteiger partial charge in [0.15, 0.2) is 0 Å². The van der Waals surface area contributed by atoms with E-state index < -0.39 is 0 Å². The van der Waals surface area contributed by atoms with E-state index in [2.05, 4.69) is 26.2 Å². The molecule has 0 saturated carbocycles. The van der Waals surface area contributed by atoms with Crippen LogP contribution in [0.3, 0.4) is 0 Å². The van der Waals surface area contributed by atoms with Crippen LogP contribution in [0.5, 0.6) is 5.75 Å². The highest BCUT2D eigenvalue weighted by Crippen LogP contribution is 2.21. The molecule has 0 saturated heterocycles. The number of carbonyl (C=O) groups excluding carboxylic acids is 1. The Kier molecular flexibility index (Phi) is 3.62. The largest absolute Gasteiger partial charge is 0.508 e. The van der Waals surface area contributed by atoms with Crippen LogP contribution in [0.4, 0.5) is 5.82 Å². The topological polar surface area (TPSA) is 62.2 Å². The van der Waals surface area contributed by atoms with E-state index in [1.165, 1.54) is 0 Å². The summed E-state index contributed by atoms with van der Waals surface area (Å²) in [6, 6.07) is 8.31. The molecule has 92 valence electrons. The molecule has 0 aliphatic carbocycles. The number of benzene rings is 1. The second-order valence-electron chi connectivity index (χ2n) is 3.76. The molecule has 18 heavy (non-hydrogen) atoms. The van der Waals surface area contributed by atoms with E-state index in [1.807, 2.05) is 0 Å². The fraction of sp³-hybridized carbons (Fsp3) is 0.0769. The van der Waals surface area contributed by atoms with Crippen molar-refractivity contribution in [2.24, 2.45) is 0 Å². The monoisotopic (exact) mass is 306 g/mol. The highest BCUT2D eigenvalue weighted by Gasteiger charge is 2.11. The van der Waals surface area contributed by atoms with E-state index >= 15 is 0 Å². The first-order chi connectivity index (χ1) is 8.58. The molecule has 2 N–H and O–H groups in total. The van der Waals surface area contributed by atoms with Gasteiger partial charge < -0.3 is 10.4 Å². The summed E-state index contributed by atoms with van der Waals surface area (Å²) in [4.78, 5) is 16.1. The maximum Gasteiger partial charge on any atom is 0.257 e. The van der Waals surface area contributed by atoms with Gasteiger partial charge in [-0.2, -0.15) is 0 Å². The van der Waals surface area contributed by atoms with E-state index in [1.54, 1.807) is 43.5 Å². The fourth-order valence-electron chi connectivity index (χ4n) is 1.53. The van der Waals surface area contributed by atoms with Crippen LogP contribution < -0.4 is 5.32 Å². The average molecular weight is 307 g/mol. The van der Waals surface area contributed by atoms with Gasteiger partial charge in [0.2, 0.25) is 0 Å². The predicted molar refractivity (Wildman–Crippen MR) is 72.7 cm³/mol. The number of carbonyl (C=O) groups is 1. The van der Waals surface area contributed by atoms with Crippen LogP contribution in [0.15, 0.2) is 41.0 Å². The molecule has 1 aromatic heterocycles. The van der Waals surface area contributed by atoms with Gasteiger partial charge in [-0.15, -0.1) is 0 Å². The molecule has 0 atom stereocenters. The van der Waals surface area contributed by atoms with E-state index in [-0.39, 0.29) is 11.7 Å². The first-order valence-corrected chi connectivity index (χ1v) is 6.08. The molecule has 4 nitrogen and oxygen atoms in total. The minimum absolute atomic E-state index is 0.102. The van der Waals surface area contributed by atoms with Crippen molar-refractivity contribution < 1.29 is 9.90 Å². The standard InChI is InChI=1S/C13H11BrN2O2/c1-8-10(3-2-4-11(8)17)13(18)16-12-7-9(14)5-6-15-12/h2-7,17H,1H3,(H,15,16,18). The third-order valence-corrected chi connectivity index (χ3v) is 3.01. The molecule has 2 aromatic rings. The highest BCUT2D eigenvalue weighted by atomic mass is 79.9. The summed E-state index contributed by atoms with van der Waals surface area (Å²) in [6.45, 7) is 1.69. The van der Waals surface area contributed by atoms with Crippen LogP contribution in [-0.4, -0.2) is 16.0 Å². The number of aromatic nitrogens is 1. The molecule has 1 amide bonds. The molecule has 5 heteroatoms. The highest BCUT2D eigenvalue weighted by molar-refractivity contribution is 9.10. The van der Waals surface area contributed by atoms with Crippen molar-refractivity contribution in [3.8, 4) is 5.75 Å². The smallest absolute Gasteiger partial charge is 0.257 e. The maximum absolute atomic E-state index is 12.0. The number of nitrogens with zero attached hydrogens (tertiary/aromatic N) is 1.